The van der Waals surface area contributed by atoms with Crippen molar-refractivity contribution in [3.8, 4) is 11.5 Å². The molecule has 0 aromatic heterocycles. The third kappa shape index (κ3) is 15.1. The van der Waals surface area contributed by atoms with Gasteiger partial charge in [-0.2, -0.15) is 27.1 Å². The number of anilines is 3. The number of rotatable bonds is 12. The van der Waals surface area contributed by atoms with Crippen molar-refractivity contribution >= 4 is 110 Å². The molecule has 0 aliphatic carbocycles. The van der Waals surface area contributed by atoms with Crippen molar-refractivity contribution in [3.05, 3.63) is 130 Å². The molecule has 0 saturated carbocycles. The maximum atomic E-state index is 11.8. The number of hydrogen-bond acceptors (Lipinski definition) is 21. The van der Waals surface area contributed by atoms with Gasteiger partial charge in [-0.3, -0.25) is 19.2 Å². The van der Waals surface area contributed by atoms with Crippen LogP contribution in [-0.4, -0.2) is 71.4 Å². The average Bonchev–Trinajstić information content (AvgIpc) is 3.22. The summed E-state index contributed by atoms with van der Waals surface area (Å²) in [6.45, 7) is -0.500. The molecular formula is C37H29CuN7O17S4. The van der Waals surface area contributed by atoms with Crippen molar-refractivity contribution in [1.29, 1.82) is 0 Å². The summed E-state index contributed by atoms with van der Waals surface area (Å²) in [5.74, 6) is -0.566. The van der Waals surface area contributed by atoms with Gasteiger partial charge in [-0.1, -0.05) is 30.4 Å². The minimum atomic E-state index is -4.75. The second-order valence-corrected chi connectivity index (χ2v) is 16.1. The number of nitro benzene ring substituents is 1. The van der Waals surface area contributed by atoms with Gasteiger partial charge in [0.15, 0.2) is 5.75 Å². The van der Waals surface area contributed by atoms with E-state index in [9.17, 15) is 51.4 Å². The average molecular weight is 1040 g/mol. The van der Waals surface area contributed by atoms with E-state index in [0.717, 1.165) is 12.1 Å². The van der Waals surface area contributed by atoms with Crippen molar-refractivity contribution in [2.45, 2.75) is 16.4 Å². The summed E-state index contributed by atoms with van der Waals surface area (Å²) in [6.07, 6.45) is 2.89. The molecule has 0 amide bonds. The number of benzene rings is 6. The second kappa shape index (κ2) is 23.0. The number of phenolic OH excluding ortho intramolecular Hbond substituents is 2. The predicted octanol–water partition coefficient (Wildman–Crippen LogP) is 6.46. The number of nitrogens with one attached hydrogen (secondary N) is 1. The third-order valence-corrected chi connectivity index (χ3v) is 10.1. The van der Waals surface area contributed by atoms with E-state index < -0.39 is 68.5 Å². The minimum absolute atomic E-state index is 0. The zero-order chi connectivity index (χ0) is 48.2. The summed E-state index contributed by atoms with van der Waals surface area (Å²) >= 11 is 0. The Morgan fingerprint density at radius 2 is 1.24 bits per heavy atom. The first-order valence-electron chi connectivity index (χ1n) is 17.2. The molecule has 8 N–H and O–H groups in total. The van der Waals surface area contributed by atoms with Crippen LogP contribution in [-0.2, 0) is 65.1 Å². The molecule has 0 atom stereocenters. The Morgan fingerprint density at radius 3 is 1.83 bits per heavy atom. The van der Waals surface area contributed by atoms with E-state index in [4.69, 9.17) is 31.0 Å². The summed E-state index contributed by atoms with van der Waals surface area (Å²) in [5.41, 5.74) is 7.32. The van der Waals surface area contributed by atoms with Gasteiger partial charge in [-0.25, -0.2) is 0 Å². The number of phenols is 2. The largest absolute Gasteiger partial charge is 0.506 e. The van der Waals surface area contributed by atoms with Crippen LogP contribution >= 0.6 is 0 Å². The molecule has 0 saturated heterocycles. The van der Waals surface area contributed by atoms with E-state index >= 15 is 0 Å². The zero-order valence-electron chi connectivity index (χ0n) is 32.6. The topological polar surface area (TPSA) is 402 Å². The first-order valence-corrected chi connectivity index (χ1v) is 22.1. The number of nitro groups is 1. The van der Waals surface area contributed by atoms with Crippen molar-refractivity contribution in [2.24, 2.45) is 20.5 Å². The van der Waals surface area contributed by atoms with Crippen LogP contribution in [0, 0.1) is 10.1 Å². The Labute approximate surface area is 385 Å². The van der Waals surface area contributed by atoms with Crippen molar-refractivity contribution in [2.75, 3.05) is 11.1 Å². The summed E-state index contributed by atoms with van der Waals surface area (Å²) in [4.78, 5) is 9.20. The van der Waals surface area contributed by atoms with E-state index in [-0.39, 0.29) is 62.4 Å². The van der Waals surface area contributed by atoms with E-state index in [1.165, 1.54) is 54.6 Å². The van der Waals surface area contributed by atoms with Gasteiger partial charge in [0.2, 0.25) is 0 Å². The number of aliphatic hydroxyl groups excluding tert-OH is 1. The van der Waals surface area contributed by atoms with Crippen LogP contribution in [0.15, 0.2) is 133 Å². The fourth-order valence-corrected chi connectivity index (χ4v) is 6.77. The van der Waals surface area contributed by atoms with Crippen molar-refractivity contribution < 1.29 is 88.5 Å². The Bertz CT molecular complexity index is 3340. The number of aromatic hydroxyl groups is 2. The molecule has 24 nitrogen and oxygen atoms in total. The van der Waals surface area contributed by atoms with E-state index in [1.807, 2.05) is 0 Å². The summed E-state index contributed by atoms with van der Waals surface area (Å²) < 4.78 is 116. The van der Waals surface area contributed by atoms with Crippen molar-refractivity contribution in [1.82, 2.24) is 0 Å². The molecule has 6 aromatic rings. The summed E-state index contributed by atoms with van der Waals surface area (Å²) in [5, 5.41) is 63.1. The van der Waals surface area contributed by atoms with Gasteiger partial charge in [0.1, 0.15) is 26.9 Å². The number of aliphatic hydroxyl groups is 1. The van der Waals surface area contributed by atoms with Gasteiger partial charge in [-0.15, -0.1) is 35.5 Å². The normalized spacial score (nSPS) is 11.3. The van der Waals surface area contributed by atoms with Gasteiger partial charge >= 0.3 is 21.2 Å². The van der Waals surface area contributed by atoms with Gasteiger partial charge in [-0.05, 0) is 83.2 Å². The molecule has 0 aliphatic rings. The smallest absolute Gasteiger partial charge is 0.425 e. The van der Waals surface area contributed by atoms with Crippen LogP contribution in [0.3, 0.4) is 0 Å². The van der Waals surface area contributed by atoms with Gasteiger partial charge in [0, 0.05) is 57.6 Å². The molecule has 66 heavy (non-hydrogen) atoms. The fourth-order valence-electron chi connectivity index (χ4n) is 5.43. The summed E-state index contributed by atoms with van der Waals surface area (Å²) in [6, 6.07) is 24.2. The molecule has 0 aliphatic heterocycles. The predicted molar refractivity (Wildman–Crippen MR) is 230 cm³/mol. The van der Waals surface area contributed by atoms with Gasteiger partial charge in [0.05, 0.1) is 28.6 Å². The Balaban J connectivity index is 0.00000119. The van der Waals surface area contributed by atoms with Crippen LogP contribution in [0.1, 0.15) is 16.7 Å². The number of fused-ring (bicyclic) bond motifs is 1. The van der Waals surface area contributed by atoms with Gasteiger partial charge in [0.25, 0.3) is 25.9 Å². The number of non-ortho nitro benzene ring substituents is 1. The minimum Gasteiger partial charge on any atom is -0.506 e. The van der Waals surface area contributed by atoms with E-state index in [0.29, 0.717) is 33.4 Å². The molecular weight excluding hydrogens is 1010 g/mol. The molecule has 6 aromatic carbocycles. The number of nitrogens with two attached hydrogens (primary N) is 1. The molecule has 0 unspecified atom stereocenters. The molecule has 1 radical (unpaired) electrons. The number of azo groups is 2. The Hall–Kier alpha value is -7.34. The first kappa shape index (κ1) is 53.0. The second-order valence-electron chi connectivity index (χ2n) is 12.5. The number of nitrogens with zero attached hydrogens (tertiary/aromatic N) is 5. The van der Waals surface area contributed by atoms with Gasteiger partial charge < -0.3 is 26.4 Å². The zero-order valence-corrected chi connectivity index (χ0v) is 36.8. The standard InChI is InChI=1S/C37H29N7O11S2.Cu.2O3S/c38-30-13-10-27(17-36(30)57(53,54)55)39-26-9-12-29-23(15-26)6-14-31(37(29)47)41-43-33-16-24(20-45)32(19-34(33)46)42-40-25-7-2-21(3-8-25)1-4-22-5-11-28(44(48)49)18-35(22)56(50,51)52;;2*1-4(2)3/h1-19,39,45-47H,20,38H2,(H,50,51,52)(H,53,54,55);;;. The molecule has 0 spiro atoms. The van der Waals surface area contributed by atoms with Crippen LogP contribution in [0.2, 0.25) is 0 Å². The Morgan fingerprint density at radius 1 is 0.667 bits per heavy atom. The first-order chi connectivity index (χ1) is 30.5. The van der Waals surface area contributed by atoms with Crippen molar-refractivity contribution in [3.63, 3.8) is 0 Å². The molecule has 0 heterocycles. The summed E-state index contributed by atoms with van der Waals surface area (Å²) in [7, 11) is -15.5. The Kier molecular flexibility index (Phi) is 18.5. The number of nitrogen functional groups attached to an aromatic ring is 1. The van der Waals surface area contributed by atoms with Crippen LogP contribution < -0.4 is 11.1 Å². The number of hydrogen-bond donors (Lipinski definition) is 7. The van der Waals surface area contributed by atoms with Crippen LogP contribution in [0.5, 0.6) is 11.5 Å². The third-order valence-electron chi connectivity index (χ3n) is 8.27. The maximum Gasteiger partial charge on any atom is 0.425 e. The molecule has 349 valence electrons. The molecule has 0 bridgehead atoms. The molecule has 29 heteroatoms. The molecule has 6 rings (SSSR count). The van der Waals surface area contributed by atoms with E-state index in [1.54, 1.807) is 48.5 Å². The SMILES string of the molecule is Nc1ccc(Nc2ccc3c(O)c(N=Nc4cc(CO)c(N=Nc5ccc(C=Cc6ccc([N+](=O)[O-])cc6S(=O)(=O)O)cc5)cc4O)ccc3c2)cc1S(=O)(=O)O.O=S(=O)=O.O=S(=O)=O.[Cu]. The fraction of sp³-hybridized carbons (Fsp3) is 0.0270. The quantitative estimate of drug-likeness (QED) is 0.0131. The van der Waals surface area contributed by atoms with Crippen LogP contribution in [0.25, 0.3) is 22.9 Å². The maximum absolute atomic E-state index is 11.8. The van der Waals surface area contributed by atoms with E-state index in [2.05, 4.69) is 25.8 Å². The van der Waals surface area contributed by atoms with Crippen LogP contribution in [0.4, 0.5) is 45.5 Å². The molecule has 0 fully saturated rings. The monoisotopic (exact) mass is 1030 g/mol.